The van der Waals surface area contributed by atoms with Crippen LogP contribution in [-0.4, -0.2) is 69.1 Å². The van der Waals surface area contributed by atoms with Crippen LogP contribution in [0.3, 0.4) is 0 Å². The summed E-state index contributed by atoms with van der Waals surface area (Å²) in [7, 11) is 0. The number of hydrogen-bond acceptors (Lipinski definition) is 7. The Balaban J connectivity index is 1.32. The smallest absolute Gasteiger partial charge is 0.214 e. The van der Waals surface area contributed by atoms with Crippen molar-refractivity contribution in [3.8, 4) is 0 Å². The Labute approximate surface area is 162 Å². The fourth-order valence-corrected chi connectivity index (χ4v) is 5.08. The van der Waals surface area contributed by atoms with Crippen molar-refractivity contribution in [3.63, 3.8) is 0 Å². The van der Waals surface area contributed by atoms with Gasteiger partial charge in [-0.3, -0.25) is 10.00 Å². The maximum atomic E-state index is 5.47. The van der Waals surface area contributed by atoms with Crippen LogP contribution < -0.4 is 4.90 Å². The molecule has 1 atom stereocenters. The average Bonchev–Trinajstić information content (AvgIpc) is 3.37. The summed E-state index contributed by atoms with van der Waals surface area (Å²) in [6.45, 7) is 8.65. The second-order valence-electron chi connectivity index (χ2n) is 7.48. The fraction of sp³-hybridized carbons (Fsp3) is 0.611. The van der Waals surface area contributed by atoms with Crippen LogP contribution in [0.25, 0.3) is 4.96 Å². The second-order valence-corrected chi connectivity index (χ2v) is 8.41. The highest BCUT2D eigenvalue weighted by Gasteiger charge is 2.27. The Bertz CT molecular complexity index is 878. The molecule has 0 aliphatic carbocycles. The third kappa shape index (κ3) is 3.46. The number of hydrogen-bond donors (Lipinski definition) is 1. The van der Waals surface area contributed by atoms with Gasteiger partial charge in [-0.15, -0.1) is 5.10 Å². The molecule has 2 aliphatic rings. The van der Waals surface area contributed by atoms with Crippen LogP contribution in [-0.2, 0) is 11.3 Å². The van der Waals surface area contributed by atoms with Crippen molar-refractivity contribution in [2.75, 3.05) is 44.3 Å². The molecule has 3 aromatic heterocycles. The van der Waals surface area contributed by atoms with E-state index >= 15 is 0 Å². The average molecular weight is 388 g/mol. The lowest BCUT2D eigenvalue weighted by Crippen LogP contribution is -2.37. The molecule has 0 unspecified atom stereocenters. The number of aromatic amines is 1. The van der Waals surface area contributed by atoms with Crippen LogP contribution in [0.1, 0.15) is 35.7 Å². The summed E-state index contributed by atoms with van der Waals surface area (Å²) >= 11 is 1.68. The summed E-state index contributed by atoms with van der Waals surface area (Å²) in [5.74, 6) is 0.468. The number of piperidine rings is 1. The summed E-state index contributed by atoms with van der Waals surface area (Å²) < 4.78 is 7.37. The molecule has 1 N–H and O–H groups in total. The van der Waals surface area contributed by atoms with Gasteiger partial charge in [-0.1, -0.05) is 11.3 Å². The molecule has 2 saturated heterocycles. The lowest BCUT2D eigenvalue weighted by atomic mass is 9.92. The van der Waals surface area contributed by atoms with Crippen molar-refractivity contribution >= 4 is 21.4 Å². The molecule has 2 aliphatic heterocycles. The van der Waals surface area contributed by atoms with Gasteiger partial charge in [0.05, 0.1) is 31.3 Å². The number of rotatable bonds is 4. The minimum Gasteiger partial charge on any atom is -0.379 e. The molecule has 0 radical (unpaired) electrons. The Morgan fingerprint density at radius 2 is 2.19 bits per heavy atom. The molecule has 5 heterocycles. The highest BCUT2D eigenvalue weighted by Crippen LogP contribution is 2.33. The minimum atomic E-state index is 0.468. The number of ether oxygens (including phenoxy) is 1. The predicted molar refractivity (Wildman–Crippen MR) is 104 cm³/mol. The first-order chi connectivity index (χ1) is 13.3. The number of imidazole rings is 1. The van der Waals surface area contributed by atoms with Crippen molar-refractivity contribution in [1.82, 2.24) is 29.7 Å². The Morgan fingerprint density at radius 1 is 1.30 bits per heavy atom. The Morgan fingerprint density at radius 3 is 3.04 bits per heavy atom. The molecule has 0 aromatic carbocycles. The van der Waals surface area contributed by atoms with Gasteiger partial charge in [0.15, 0.2) is 0 Å². The van der Waals surface area contributed by atoms with Gasteiger partial charge < -0.3 is 9.64 Å². The largest absolute Gasteiger partial charge is 0.379 e. The number of aryl methyl sites for hydroxylation is 1. The second kappa shape index (κ2) is 7.21. The predicted octanol–water partition coefficient (Wildman–Crippen LogP) is 2.04. The topological polar surface area (TPSA) is 74.6 Å². The standard InChI is InChI=1S/C18H25N7OS/c1-13-10-25-17(20-13)27-18(22-25)24-4-2-3-14(12-24)16-15(9-19-21-16)11-23-5-7-26-8-6-23/h9-10,14H,2-8,11-12H2,1H3,(H,19,21)/t14-/m0/s1. The molecule has 0 bridgehead atoms. The highest BCUT2D eigenvalue weighted by molar-refractivity contribution is 7.20. The van der Waals surface area contributed by atoms with Crippen LogP contribution in [0.5, 0.6) is 0 Å². The van der Waals surface area contributed by atoms with Gasteiger partial charge in [0.25, 0.3) is 0 Å². The third-order valence-electron chi connectivity index (χ3n) is 5.50. The minimum absolute atomic E-state index is 0.468. The quantitative estimate of drug-likeness (QED) is 0.738. The van der Waals surface area contributed by atoms with E-state index in [0.29, 0.717) is 5.92 Å². The molecule has 27 heavy (non-hydrogen) atoms. The van der Waals surface area contributed by atoms with Gasteiger partial charge in [0.2, 0.25) is 10.1 Å². The third-order valence-corrected chi connectivity index (χ3v) is 6.49. The van der Waals surface area contributed by atoms with E-state index in [1.165, 1.54) is 24.1 Å². The van der Waals surface area contributed by atoms with Crippen LogP contribution in [0.2, 0.25) is 0 Å². The molecule has 0 saturated carbocycles. The van der Waals surface area contributed by atoms with Gasteiger partial charge in [0.1, 0.15) is 0 Å². The SMILES string of the molecule is Cc1cn2nc(N3CCC[C@H](c4[nH]ncc4CN4CCOCC4)C3)sc2n1. The van der Waals surface area contributed by atoms with Crippen LogP contribution in [0.15, 0.2) is 12.4 Å². The first-order valence-corrected chi connectivity index (χ1v) is 10.5. The molecule has 8 nitrogen and oxygen atoms in total. The number of aromatic nitrogens is 5. The van der Waals surface area contributed by atoms with E-state index in [9.17, 15) is 0 Å². The number of nitrogens with zero attached hydrogens (tertiary/aromatic N) is 6. The van der Waals surface area contributed by atoms with Gasteiger partial charge in [-0.05, 0) is 19.8 Å². The van der Waals surface area contributed by atoms with Crippen molar-refractivity contribution in [3.05, 3.63) is 29.3 Å². The number of morpholine rings is 1. The molecule has 9 heteroatoms. The maximum absolute atomic E-state index is 5.47. The molecule has 3 aromatic rings. The Hall–Kier alpha value is -1.97. The van der Waals surface area contributed by atoms with Crippen LogP contribution >= 0.6 is 11.3 Å². The van der Waals surface area contributed by atoms with E-state index in [0.717, 1.165) is 61.7 Å². The number of H-pyrrole nitrogens is 1. The van der Waals surface area contributed by atoms with E-state index in [4.69, 9.17) is 9.84 Å². The molecular weight excluding hydrogens is 362 g/mol. The zero-order valence-electron chi connectivity index (χ0n) is 15.6. The Kier molecular flexibility index (Phi) is 4.58. The zero-order chi connectivity index (χ0) is 18.2. The molecule has 2 fully saturated rings. The zero-order valence-corrected chi connectivity index (χ0v) is 16.4. The monoisotopic (exact) mass is 387 g/mol. The summed E-state index contributed by atoms with van der Waals surface area (Å²) in [5, 5.41) is 13.5. The van der Waals surface area contributed by atoms with Crippen LogP contribution in [0, 0.1) is 6.92 Å². The maximum Gasteiger partial charge on any atom is 0.214 e. The summed E-state index contributed by atoms with van der Waals surface area (Å²) in [6, 6.07) is 0. The van der Waals surface area contributed by atoms with E-state index in [1.54, 1.807) is 11.3 Å². The molecular formula is C18H25N7OS. The highest BCUT2D eigenvalue weighted by atomic mass is 32.1. The van der Waals surface area contributed by atoms with Gasteiger partial charge in [0, 0.05) is 49.9 Å². The summed E-state index contributed by atoms with van der Waals surface area (Å²) in [5.41, 5.74) is 3.64. The van der Waals surface area contributed by atoms with Crippen molar-refractivity contribution in [2.24, 2.45) is 0 Å². The normalized spacial score (nSPS) is 22.0. The number of anilines is 1. The molecule has 0 amide bonds. The van der Waals surface area contributed by atoms with Crippen LogP contribution in [0.4, 0.5) is 5.13 Å². The fourth-order valence-electron chi connectivity index (χ4n) is 4.11. The summed E-state index contributed by atoms with van der Waals surface area (Å²) in [6.07, 6.45) is 6.36. The van der Waals surface area contributed by atoms with E-state index < -0.39 is 0 Å². The summed E-state index contributed by atoms with van der Waals surface area (Å²) in [4.78, 5) is 10.4. The first-order valence-electron chi connectivity index (χ1n) is 9.66. The van der Waals surface area contributed by atoms with Crippen molar-refractivity contribution in [2.45, 2.75) is 32.2 Å². The lowest BCUT2D eigenvalue weighted by Gasteiger charge is -2.33. The van der Waals surface area contributed by atoms with E-state index in [-0.39, 0.29) is 0 Å². The first kappa shape index (κ1) is 17.2. The van der Waals surface area contributed by atoms with E-state index in [1.807, 2.05) is 23.8 Å². The van der Waals surface area contributed by atoms with Gasteiger partial charge in [-0.25, -0.2) is 9.50 Å². The molecule has 5 rings (SSSR count). The molecule has 0 spiro atoms. The van der Waals surface area contributed by atoms with Gasteiger partial charge in [-0.2, -0.15) is 5.10 Å². The molecule has 144 valence electrons. The number of fused-ring (bicyclic) bond motifs is 1. The van der Waals surface area contributed by atoms with Crippen molar-refractivity contribution in [1.29, 1.82) is 0 Å². The lowest BCUT2D eigenvalue weighted by molar-refractivity contribution is 0.0340. The van der Waals surface area contributed by atoms with Gasteiger partial charge >= 0.3 is 0 Å². The number of nitrogens with one attached hydrogen (secondary N) is 1. The van der Waals surface area contributed by atoms with E-state index in [2.05, 4.69) is 25.0 Å². The van der Waals surface area contributed by atoms with Crippen molar-refractivity contribution < 1.29 is 4.74 Å².